The fraction of sp³-hybridized carbons (Fsp3) is 1.00. The second kappa shape index (κ2) is 7.64. The second-order valence-corrected chi connectivity index (χ2v) is 6.62. The van der Waals surface area contributed by atoms with Gasteiger partial charge in [0.2, 0.25) is 0 Å². The van der Waals surface area contributed by atoms with Crippen LogP contribution in [0.25, 0.3) is 0 Å². The molecule has 0 amide bonds. The summed E-state index contributed by atoms with van der Waals surface area (Å²) in [4.78, 5) is 2.21. The quantitative estimate of drug-likeness (QED) is 0.806. The normalized spacial score (nSPS) is 22.2. The third kappa shape index (κ3) is 5.60. The fourth-order valence-corrected chi connectivity index (χ4v) is 2.76. The van der Waals surface area contributed by atoms with E-state index in [-0.39, 0.29) is 12.8 Å². The molecule has 0 aromatic heterocycles. The number of hydrogen-bond acceptors (Lipinski definition) is 2. The van der Waals surface area contributed by atoms with Gasteiger partial charge in [-0.15, -0.1) is 0 Å². The van der Waals surface area contributed by atoms with Crippen molar-refractivity contribution < 1.29 is 13.2 Å². The SMILES string of the molecule is CC(C)CNCC(C)C(C)N1CCC(C(F)(F)F)CC1. The van der Waals surface area contributed by atoms with E-state index in [0.29, 0.717) is 31.0 Å². The number of nitrogens with one attached hydrogen (secondary N) is 1. The first-order chi connectivity index (χ1) is 9.21. The number of hydrogen-bond donors (Lipinski definition) is 1. The van der Waals surface area contributed by atoms with Crippen LogP contribution in [0.15, 0.2) is 0 Å². The van der Waals surface area contributed by atoms with Crippen LogP contribution in [0.3, 0.4) is 0 Å². The lowest BCUT2D eigenvalue weighted by Gasteiger charge is -2.39. The van der Waals surface area contributed by atoms with Gasteiger partial charge in [-0.3, -0.25) is 0 Å². The largest absolute Gasteiger partial charge is 0.391 e. The summed E-state index contributed by atoms with van der Waals surface area (Å²) < 4.78 is 37.9. The van der Waals surface area contributed by atoms with Crippen LogP contribution >= 0.6 is 0 Å². The van der Waals surface area contributed by atoms with Crippen LogP contribution in [-0.2, 0) is 0 Å². The first-order valence-electron chi connectivity index (χ1n) is 7.73. The van der Waals surface area contributed by atoms with E-state index in [0.717, 1.165) is 13.1 Å². The number of nitrogens with zero attached hydrogens (tertiary/aromatic N) is 1. The predicted octanol–water partition coefficient (Wildman–Crippen LogP) is 3.53. The van der Waals surface area contributed by atoms with Gasteiger partial charge in [0, 0.05) is 6.04 Å². The molecule has 1 heterocycles. The molecule has 0 aromatic rings. The van der Waals surface area contributed by atoms with Crippen LogP contribution < -0.4 is 5.32 Å². The number of rotatable bonds is 6. The Labute approximate surface area is 121 Å². The first-order valence-corrected chi connectivity index (χ1v) is 7.73. The van der Waals surface area contributed by atoms with Crippen molar-refractivity contribution in [1.82, 2.24) is 10.2 Å². The molecule has 2 atom stereocenters. The zero-order valence-corrected chi connectivity index (χ0v) is 13.1. The molecule has 5 heteroatoms. The molecule has 0 spiro atoms. The summed E-state index contributed by atoms with van der Waals surface area (Å²) in [7, 11) is 0. The van der Waals surface area contributed by atoms with E-state index in [9.17, 15) is 13.2 Å². The van der Waals surface area contributed by atoms with Gasteiger partial charge in [0.1, 0.15) is 0 Å². The van der Waals surface area contributed by atoms with Crippen LogP contribution in [0.5, 0.6) is 0 Å². The summed E-state index contributed by atoms with van der Waals surface area (Å²) in [5.41, 5.74) is 0. The molecule has 1 N–H and O–H groups in total. The molecule has 1 aliphatic rings. The standard InChI is InChI=1S/C15H29F3N2/c1-11(2)9-19-10-12(3)13(4)20-7-5-14(6-8-20)15(16,17)18/h11-14,19H,5-10H2,1-4H3. The molecular formula is C15H29F3N2. The van der Waals surface area contributed by atoms with Crippen molar-refractivity contribution in [2.24, 2.45) is 17.8 Å². The summed E-state index contributed by atoms with van der Waals surface area (Å²) >= 11 is 0. The molecule has 0 radical (unpaired) electrons. The molecular weight excluding hydrogens is 265 g/mol. The van der Waals surface area contributed by atoms with E-state index >= 15 is 0 Å². The van der Waals surface area contributed by atoms with E-state index in [1.54, 1.807) is 0 Å². The van der Waals surface area contributed by atoms with E-state index in [2.05, 4.69) is 37.9 Å². The van der Waals surface area contributed by atoms with Crippen molar-refractivity contribution in [3.05, 3.63) is 0 Å². The Balaban J connectivity index is 2.32. The Morgan fingerprint density at radius 2 is 1.60 bits per heavy atom. The maximum Gasteiger partial charge on any atom is 0.391 e. The maximum absolute atomic E-state index is 12.6. The number of piperidine rings is 1. The topological polar surface area (TPSA) is 15.3 Å². The summed E-state index contributed by atoms with van der Waals surface area (Å²) in [5, 5.41) is 3.43. The molecule has 20 heavy (non-hydrogen) atoms. The molecule has 1 aliphatic heterocycles. The molecule has 0 bridgehead atoms. The van der Waals surface area contributed by atoms with Gasteiger partial charge in [-0.05, 0) is 57.8 Å². The smallest absolute Gasteiger partial charge is 0.316 e. The van der Waals surface area contributed by atoms with Crippen molar-refractivity contribution in [1.29, 1.82) is 0 Å². The highest BCUT2D eigenvalue weighted by Crippen LogP contribution is 2.34. The minimum atomic E-state index is -4.01. The van der Waals surface area contributed by atoms with E-state index in [1.807, 2.05) is 0 Å². The fourth-order valence-electron chi connectivity index (χ4n) is 2.76. The van der Waals surface area contributed by atoms with Crippen LogP contribution in [-0.4, -0.2) is 43.3 Å². The van der Waals surface area contributed by atoms with Crippen molar-refractivity contribution in [2.75, 3.05) is 26.2 Å². The zero-order chi connectivity index (χ0) is 15.3. The monoisotopic (exact) mass is 294 g/mol. The summed E-state index contributed by atoms with van der Waals surface area (Å²) in [6.45, 7) is 11.7. The van der Waals surface area contributed by atoms with Crippen LogP contribution in [0.4, 0.5) is 13.2 Å². The molecule has 0 saturated carbocycles. The Kier molecular flexibility index (Phi) is 6.79. The maximum atomic E-state index is 12.6. The Bertz CT molecular complexity index is 271. The highest BCUT2D eigenvalue weighted by Gasteiger charge is 2.41. The first kappa shape index (κ1) is 17.8. The van der Waals surface area contributed by atoms with Crippen LogP contribution in [0, 0.1) is 17.8 Å². The lowest BCUT2D eigenvalue weighted by Crippen LogP contribution is -2.47. The number of likely N-dealkylation sites (tertiary alicyclic amines) is 1. The van der Waals surface area contributed by atoms with Gasteiger partial charge in [0.25, 0.3) is 0 Å². The molecule has 1 fully saturated rings. The third-order valence-corrected chi connectivity index (χ3v) is 4.41. The number of halogens is 3. The van der Waals surface area contributed by atoms with E-state index < -0.39 is 12.1 Å². The van der Waals surface area contributed by atoms with Gasteiger partial charge in [-0.2, -0.15) is 13.2 Å². The second-order valence-electron chi connectivity index (χ2n) is 6.62. The highest BCUT2D eigenvalue weighted by atomic mass is 19.4. The molecule has 2 nitrogen and oxygen atoms in total. The van der Waals surface area contributed by atoms with Crippen molar-refractivity contribution in [3.8, 4) is 0 Å². The summed E-state index contributed by atoms with van der Waals surface area (Å²) in [6.07, 6.45) is -3.51. The van der Waals surface area contributed by atoms with Crippen LogP contribution in [0.2, 0.25) is 0 Å². The predicted molar refractivity (Wildman–Crippen MR) is 76.7 cm³/mol. The Morgan fingerprint density at radius 1 is 1.05 bits per heavy atom. The van der Waals surface area contributed by atoms with Gasteiger partial charge >= 0.3 is 6.18 Å². The molecule has 1 rings (SSSR count). The Hall–Kier alpha value is -0.290. The van der Waals surface area contributed by atoms with Crippen LogP contribution in [0.1, 0.15) is 40.5 Å². The van der Waals surface area contributed by atoms with Crippen molar-refractivity contribution >= 4 is 0 Å². The number of alkyl halides is 3. The molecule has 0 aromatic carbocycles. The molecule has 120 valence electrons. The highest BCUT2D eigenvalue weighted by molar-refractivity contribution is 4.82. The average Bonchev–Trinajstić information content (AvgIpc) is 2.36. The third-order valence-electron chi connectivity index (χ3n) is 4.41. The minimum absolute atomic E-state index is 0.250. The van der Waals surface area contributed by atoms with Gasteiger partial charge < -0.3 is 10.2 Å². The lowest BCUT2D eigenvalue weighted by molar-refractivity contribution is -0.186. The van der Waals surface area contributed by atoms with Gasteiger partial charge in [-0.25, -0.2) is 0 Å². The zero-order valence-electron chi connectivity index (χ0n) is 13.1. The van der Waals surface area contributed by atoms with Gasteiger partial charge in [0.05, 0.1) is 5.92 Å². The van der Waals surface area contributed by atoms with E-state index in [1.165, 1.54) is 0 Å². The van der Waals surface area contributed by atoms with Crippen molar-refractivity contribution in [3.63, 3.8) is 0 Å². The van der Waals surface area contributed by atoms with Crippen molar-refractivity contribution in [2.45, 2.75) is 52.8 Å². The molecule has 0 aliphatic carbocycles. The molecule has 1 saturated heterocycles. The van der Waals surface area contributed by atoms with Gasteiger partial charge in [-0.1, -0.05) is 20.8 Å². The van der Waals surface area contributed by atoms with E-state index in [4.69, 9.17) is 0 Å². The average molecular weight is 294 g/mol. The molecule has 2 unspecified atom stereocenters. The van der Waals surface area contributed by atoms with Gasteiger partial charge in [0.15, 0.2) is 0 Å². The summed E-state index contributed by atoms with van der Waals surface area (Å²) in [6, 6.07) is 0.337. The lowest BCUT2D eigenvalue weighted by atomic mass is 9.93. The minimum Gasteiger partial charge on any atom is -0.316 e. The Morgan fingerprint density at radius 3 is 2.05 bits per heavy atom. The summed E-state index contributed by atoms with van der Waals surface area (Å²) in [5.74, 6) is -0.0171.